The highest BCUT2D eigenvalue weighted by molar-refractivity contribution is 7.26. The van der Waals surface area contributed by atoms with Gasteiger partial charge in [0.25, 0.3) is 0 Å². The predicted octanol–water partition coefficient (Wildman–Crippen LogP) is 13.7. The molecule has 0 saturated heterocycles. The van der Waals surface area contributed by atoms with E-state index in [1.807, 2.05) is 23.5 Å². The van der Waals surface area contributed by atoms with Crippen LogP contribution in [-0.4, -0.2) is 0 Å². The number of allylic oxidation sites excluding steroid dienone is 5. The number of fused-ring (bicyclic) bond motifs is 8. The molecule has 0 aliphatic carbocycles. The van der Waals surface area contributed by atoms with Gasteiger partial charge in [-0.3, -0.25) is 0 Å². The summed E-state index contributed by atoms with van der Waals surface area (Å²) in [4.78, 5) is 0. The highest BCUT2D eigenvalue weighted by Gasteiger charge is 2.14. The molecule has 0 saturated carbocycles. The van der Waals surface area contributed by atoms with Crippen molar-refractivity contribution in [3.05, 3.63) is 205 Å². The Balaban J connectivity index is 1.23. The van der Waals surface area contributed by atoms with Gasteiger partial charge < -0.3 is 4.42 Å². The van der Waals surface area contributed by atoms with Gasteiger partial charge in [-0.05, 0) is 84.6 Å². The standard InChI is InChI=1S/C52H36OS/c1-5-6-17-33(2)37-18-9-7-8-10-19-43(41-22-13-11-20-39(37)41)44-29-28-38(40-21-12-14-23-42(40)44)34(3)30-47-35(4)53-50-31-36-26-27-46-45-24-15-16-25-51(45)54-52(46)48(36)32-49(47)50/h5-32H,1-4H2/b8-7?,9-7?,10-8?,17-6-,18-9?,19-10?,37-18?,39-37?,43-19?,43-41?,47-30+. The number of benzene rings is 6. The molecule has 0 fully saturated rings. The molecular formula is C52H36OS. The van der Waals surface area contributed by atoms with Crippen LogP contribution in [0.25, 0.3) is 98.4 Å². The fourth-order valence-electron chi connectivity index (χ4n) is 7.74. The molecule has 7 aromatic carbocycles. The topological polar surface area (TPSA) is 13.1 Å². The van der Waals surface area contributed by atoms with Gasteiger partial charge in [-0.1, -0.05) is 172 Å². The molecule has 54 heavy (non-hydrogen) atoms. The second-order valence-corrected chi connectivity index (χ2v) is 14.6. The monoisotopic (exact) mass is 708 g/mol. The first-order valence-electron chi connectivity index (χ1n) is 18.0. The van der Waals surface area contributed by atoms with Gasteiger partial charge in [-0.25, -0.2) is 0 Å². The molecule has 1 nitrogen and oxygen atoms in total. The van der Waals surface area contributed by atoms with E-state index >= 15 is 0 Å². The van der Waals surface area contributed by atoms with E-state index in [4.69, 9.17) is 4.42 Å². The van der Waals surface area contributed by atoms with Gasteiger partial charge in [-0.15, -0.1) is 11.3 Å². The largest absolute Gasteiger partial charge is 0.457 e. The van der Waals surface area contributed by atoms with E-state index in [0.29, 0.717) is 5.42 Å². The van der Waals surface area contributed by atoms with Crippen molar-refractivity contribution in [3.8, 4) is 11.1 Å². The Morgan fingerprint density at radius 3 is 1.91 bits per heavy atom. The molecule has 256 valence electrons. The number of furan rings is 1. The first-order chi connectivity index (χ1) is 26.5. The SMILES string of the molecule is C=C/C=C\C(=C)c1ccccccc(-c2ccc(C(=C)/C=c3\c(=C)oc4cc5ccc6c7ccccc7sc6c5cc34)c3ccccc23)c2ccccc12. The predicted molar refractivity (Wildman–Crippen MR) is 238 cm³/mol. The molecule has 2 aromatic heterocycles. The summed E-state index contributed by atoms with van der Waals surface area (Å²) in [6.07, 6.45) is 7.85. The van der Waals surface area contributed by atoms with Crippen LogP contribution < -0.4 is 10.6 Å². The van der Waals surface area contributed by atoms with Crippen LogP contribution in [0, 0.1) is 0 Å². The maximum absolute atomic E-state index is 6.30. The molecule has 0 spiro atoms. The number of hydrogen-bond donors (Lipinski definition) is 0. The lowest BCUT2D eigenvalue weighted by Crippen LogP contribution is -2.18. The zero-order valence-electron chi connectivity index (χ0n) is 29.8. The number of rotatable bonds is 6. The van der Waals surface area contributed by atoms with Crippen molar-refractivity contribution in [2.75, 3.05) is 0 Å². The first-order valence-corrected chi connectivity index (χ1v) is 18.8. The van der Waals surface area contributed by atoms with Crippen molar-refractivity contribution in [2.24, 2.45) is 0 Å². The highest BCUT2D eigenvalue weighted by Crippen LogP contribution is 2.40. The summed E-state index contributed by atoms with van der Waals surface area (Å²) in [5.41, 5.74) is 7.66. The molecule has 0 N–H and O–H groups in total. The molecule has 2 heterocycles. The van der Waals surface area contributed by atoms with E-state index in [0.717, 1.165) is 76.5 Å². The second kappa shape index (κ2) is 13.7. The molecule has 0 bridgehead atoms. The van der Waals surface area contributed by atoms with Crippen LogP contribution in [0.15, 0.2) is 188 Å². The Labute approximate surface area is 318 Å². The van der Waals surface area contributed by atoms with Crippen LogP contribution >= 0.6 is 11.3 Å². The highest BCUT2D eigenvalue weighted by atomic mass is 32.1. The summed E-state index contributed by atoms with van der Waals surface area (Å²) in [5.74, 6) is 0. The Morgan fingerprint density at radius 2 is 1.17 bits per heavy atom. The van der Waals surface area contributed by atoms with E-state index < -0.39 is 0 Å². The van der Waals surface area contributed by atoms with E-state index in [-0.39, 0.29) is 0 Å². The van der Waals surface area contributed by atoms with Crippen molar-refractivity contribution in [1.82, 2.24) is 0 Å². The summed E-state index contributed by atoms with van der Waals surface area (Å²) >= 11 is 1.84. The van der Waals surface area contributed by atoms with Gasteiger partial charge in [0.2, 0.25) is 0 Å². The van der Waals surface area contributed by atoms with Crippen molar-refractivity contribution >= 4 is 98.6 Å². The van der Waals surface area contributed by atoms with Gasteiger partial charge in [0.1, 0.15) is 11.0 Å². The zero-order chi connectivity index (χ0) is 36.8. The Kier molecular flexibility index (Phi) is 8.38. The Bertz CT molecular complexity index is 3240. The number of thiophene rings is 1. The molecule has 9 aromatic rings. The first kappa shape index (κ1) is 33.1. The van der Waals surface area contributed by atoms with E-state index in [9.17, 15) is 0 Å². The third-order valence-electron chi connectivity index (χ3n) is 10.3. The summed E-state index contributed by atoms with van der Waals surface area (Å²) in [5, 5.41) is 11.5. The van der Waals surface area contributed by atoms with Gasteiger partial charge in [0, 0.05) is 36.2 Å². The van der Waals surface area contributed by atoms with Gasteiger partial charge in [-0.2, -0.15) is 0 Å². The van der Waals surface area contributed by atoms with Gasteiger partial charge >= 0.3 is 0 Å². The number of hydrogen-bond acceptors (Lipinski definition) is 2. The fourth-order valence-corrected chi connectivity index (χ4v) is 8.97. The normalized spacial score (nSPS) is 12.0. The minimum absolute atomic E-state index is 0.632. The van der Waals surface area contributed by atoms with Crippen LogP contribution in [0.2, 0.25) is 0 Å². The summed E-state index contributed by atoms with van der Waals surface area (Å²) < 4.78 is 8.88. The smallest absolute Gasteiger partial charge is 0.136 e. The van der Waals surface area contributed by atoms with Crippen LogP contribution in [0.5, 0.6) is 0 Å². The third kappa shape index (κ3) is 5.65. The summed E-state index contributed by atoms with van der Waals surface area (Å²) in [6, 6.07) is 51.7. The lowest BCUT2D eigenvalue weighted by atomic mass is 9.90. The molecule has 9 rings (SSSR count). The molecule has 2 heteroatoms. The van der Waals surface area contributed by atoms with Crippen LogP contribution in [0.3, 0.4) is 0 Å². The molecule has 0 amide bonds. The minimum Gasteiger partial charge on any atom is -0.457 e. The molecule has 0 radical (unpaired) electrons. The van der Waals surface area contributed by atoms with E-state index in [1.165, 1.54) is 25.6 Å². The minimum atomic E-state index is 0.632. The Hall–Kier alpha value is -6.74. The van der Waals surface area contributed by atoms with Crippen molar-refractivity contribution in [1.29, 1.82) is 0 Å². The average Bonchev–Trinajstić information content (AvgIpc) is 3.73. The lowest BCUT2D eigenvalue weighted by Gasteiger charge is -2.14. The third-order valence-corrected chi connectivity index (χ3v) is 11.5. The van der Waals surface area contributed by atoms with Crippen LogP contribution in [-0.2, 0) is 0 Å². The zero-order valence-corrected chi connectivity index (χ0v) is 30.6. The maximum atomic E-state index is 6.30. The summed E-state index contributed by atoms with van der Waals surface area (Å²) in [6.45, 7) is 17.2. The lowest BCUT2D eigenvalue weighted by molar-refractivity contribution is 0.578. The van der Waals surface area contributed by atoms with Gasteiger partial charge in [0.15, 0.2) is 0 Å². The van der Waals surface area contributed by atoms with E-state index in [1.54, 1.807) is 6.08 Å². The molecule has 0 aliphatic rings. The average molecular weight is 709 g/mol. The van der Waals surface area contributed by atoms with Crippen LogP contribution in [0.1, 0.15) is 11.1 Å². The Morgan fingerprint density at radius 1 is 0.537 bits per heavy atom. The van der Waals surface area contributed by atoms with Gasteiger partial charge in [0.05, 0.1) is 0 Å². The van der Waals surface area contributed by atoms with Crippen molar-refractivity contribution in [2.45, 2.75) is 0 Å². The van der Waals surface area contributed by atoms with E-state index in [2.05, 4.69) is 178 Å². The molecule has 0 unspecified atom stereocenters. The fraction of sp³-hybridized carbons (Fsp3) is 0. The van der Waals surface area contributed by atoms with Crippen LogP contribution in [0.4, 0.5) is 0 Å². The van der Waals surface area contributed by atoms with Crippen molar-refractivity contribution < 1.29 is 4.42 Å². The maximum Gasteiger partial charge on any atom is 0.136 e. The van der Waals surface area contributed by atoms with Crippen molar-refractivity contribution in [3.63, 3.8) is 0 Å². The molecule has 0 atom stereocenters. The molecular weight excluding hydrogens is 673 g/mol. The summed E-state index contributed by atoms with van der Waals surface area (Å²) in [7, 11) is 0. The quantitative estimate of drug-likeness (QED) is 0.157. The second-order valence-electron chi connectivity index (χ2n) is 13.5. The molecule has 0 aliphatic heterocycles.